The van der Waals surface area contributed by atoms with Gasteiger partial charge in [0.2, 0.25) is 0 Å². The van der Waals surface area contributed by atoms with Crippen LogP contribution in [0.1, 0.15) is 15.9 Å². The standard InChI is InChI=1S/C16H14ClNO4/c17-12-7-10(8-14-15(12)22-6-5-21-14)9-18-16(20)11-3-1-2-4-13(11)19/h1-4,7-8,19H,5-6,9H2,(H,18,20). The maximum Gasteiger partial charge on any atom is 0.255 e. The summed E-state index contributed by atoms with van der Waals surface area (Å²) in [5.74, 6) is 0.693. The quantitative estimate of drug-likeness (QED) is 0.913. The summed E-state index contributed by atoms with van der Waals surface area (Å²) < 4.78 is 10.9. The number of carbonyl (C=O) groups is 1. The number of halogens is 1. The minimum absolute atomic E-state index is 0.0554. The zero-order valence-electron chi connectivity index (χ0n) is 11.6. The molecule has 0 aromatic heterocycles. The van der Waals surface area contributed by atoms with Crippen LogP contribution in [0.3, 0.4) is 0 Å². The van der Waals surface area contributed by atoms with Crippen LogP contribution in [-0.2, 0) is 6.54 Å². The molecule has 0 fully saturated rings. The highest BCUT2D eigenvalue weighted by molar-refractivity contribution is 6.32. The Kier molecular flexibility index (Phi) is 4.06. The van der Waals surface area contributed by atoms with Gasteiger partial charge in [0, 0.05) is 6.54 Å². The Morgan fingerprint density at radius 2 is 2.00 bits per heavy atom. The summed E-state index contributed by atoms with van der Waals surface area (Å²) in [7, 11) is 0. The highest BCUT2D eigenvalue weighted by Gasteiger charge is 2.17. The lowest BCUT2D eigenvalue weighted by molar-refractivity contribution is 0.0948. The van der Waals surface area contributed by atoms with Crippen LogP contribution in [0.5, 0.6) is 17.2 Å². The van der Waals surface area contributed by atoms with Crippen LogP contribution >= 0.6 is 11.6 Å². The monoisotopic (exact) mass is 319 g/mol. The van der Waals surface area contributed by atoms with Crippen LogP contribution in [0.2, 0.25) is 5.02 Å². The smallest absolute Gasteiger partial charge is 0.255 e. The number of carbonyl (C=O) groups excluding carboxylic acids is 1. The fourth-order valence-corrected chi connectivity index (χ4v) is 2.50. The van der Waals surface area contributed by atoms with Gasteiger partial charge in [0.05, 0.1) is 10.6 Å². The van der Waals surface area contributed by atoms with E-state index in [1.807, 2.05) is 0 Å². The number of rotatable bonds is 3. The molecule has 0 unspecified atom stereocenters. The van der Waals surface area contributed by atoms with Gasteiger partial charge in [0.1, 0.15) is 19.0 Å². The molecule has 3 rings (SSSR count). The van der Waals surface area contributed by atoms with Crippen molar-refractivity contribution in [3.63, 3.8) is 0 Å². The average molecular weight is 320 g/mol. The third kappa shape index (κ3) is 2.94. The fraction of sp³-hybridized carbons (Fsp3) is 0.188. The largest absolute Gasteiger partial charge is 0.507 e. The van der Waals surface area contributed by atoms with Gasteiger partial charge >= 0.3 is 0 Å². The first-order valence-electron chi connectivity index (χ1n) is 6.79. The summed E-state index contributed by atoms with van der Waals surface area (Å²) in [5, 5.41) is 12.8. The summed E-state index contributed by atoms with van der Waals surface area (Å²) in [6.07, 6.45) is 0. The topological polar surface area (TPSA) is 67.8 Å². The molecule has 0 atom stereocenters. The van der Waals surface area contributed by atoms with Gasteiger partial charge in [-0.1, -0.05) is 23.7 Å². The second kappa shape index (κ2) is 6.15. The molecule has 0 saturated heterocycles. The van der Waals surface area contributed by atoms with Crippen molar-refractivity contribution in [3.05, 3.63) is 52.5 Å². The summed E-state index contributed by atoms with van der Waals surface area (Å²) in [6.45, 7) is 1.21. The number of fused-ring (bicyclic) bond motifs is 1. The number of ether oxygens (including phenoxy) is 2. The predicted octanol–water partition coefficient (Wildman–Crippen LogP) is 2.75. The molecule has 0 aliphatic carbocycles. The van der Waals surface area contributed by atoms with Gasteiger partial charge in [-0.3, -0.25) is 4.79 Å². The Hall–Kier alpha value is -2.40. The normalized spacial score (nSPS) is 12.8. The van der Waals surface area contributed by atoms with Gasteiger partial charge in [0.25, 0.3) is 5.91 Å². The number of benzene rings is 2. The Labute approximate surface area is 132 Å². The number of para-hydroxylation sites is 1. The molecule has 1 aliphatic heterocycles. The number of amides is 1. The molecule has 1 heterocycles. The number of aromatic hydroxyl groups is 1. The van der Waals surface area contributed by atoms with E-state index in [0.717, 1.165) is 5.56 Å². The second-order valence-corrected chi connectivity index (χ2v) is 5.21. The summed E-state index contributed by atoms with van der Waals surface area (Å²) in [4.78, 5) is 12.1. The maximum atomic E-state index is 12.1. The number of phenols is 1. The first-order valence-corrected chi connectivity index (χ1v) is 7.17. The van der Waals surface area contributed by atoms with Crippen molar-refractivity contribution in [1.82, 2.24) is 5.32 Å². The third-order valence-electron chi connectivity index (χ3n) is 3.26. The molecule has 5 nitrogen and oxygen atoms in total. The van der Waals surface area contributed by atoms with Crippen LogP contribution in [0, 0.1) is 0 Å². The van der Waals surface area contributed by atoms with E-state index < -0.39 is 0 Å². The minimum atomic E-state index is -0.357. The van der Waals surface area contributed by atoms with Gasteiger partial charge in [-0.05, 0) is 29.8 Å². The zero-order valence-corrected chi connectivity index (χ0v) is 12.4. The van der Waals surface area contributed by atoms with Gasteiger partial charge in [-0.2, -0.15) is 0 Å². The molecule has 22 heavy (non-hydrogen) atoms. The SMILES string of the molecule is O=C(NCc1cc(Cl)c2c(c1)OCCO2)c1ccccc1O. The lowest BCUT2D eigenvalue weighted by Crippen LogP contribution is -2.23. The van der Waals surface area contributed by atoms with E-state index in [4.69, 9.17) is 21.1 Å². The fourth-order valence-electron chi connectivity index (χ4n) is 2.21. The van der Waals surface area contributed by atoms with Crippen LogP contribution < -0.4 is 14.8 Å². The van der Waals surface area contributed by atoms with Crippen LogP contribution in [0.15, 0.2) is 36.4 Å². The van der Waals surface area contributed by atoms with Crippen molar-refractivity contribution in [2.75, 3.05) is 13.2 Å². The Bertz CT molecular complexity index is 717. The van der Waals surface area contributed by atoms with E-state index in [2.05, 4.69) is 5.32 Å². The first-order chi connectivity index (χ1) is 10.6. The number of hydrogen-bond donors (Lipinski definition) is 2. The van der Waals surface area contributed by atoms with E-state index in [1.54, 1.807) is 30.3 Å². The summed E-state index contributed by atoms with van der Waals surface area (Å²) >= 11 is 6.15. The lowest BCUT2D eigenvalue weighted by atomic mass is 10.1. The Balaban J connectivity index is 1.73. The molecular weight excluding hydrogens is 306 g/mol. The molecule has 6 heteroatoms. The molecule has 0 spiro atoms. The van der Waals surface area contributed by atoms with Gasteiger partial charge in [-0.25, -0.2) is 0 Å². The molecule has 2 N–H and O–H groups in total. The highest BCUT2D eigenvalue weighted by Crippen LogP contribution is 2.38. The molecule has 1 aliphatic rings. The lowest BCUT2D eigenvalue weighted by Gasteiger charge is -2.20. The Morgan fingerprint density at radius 3 is 2.82 bits per heavy atom. The van der Waals surface area contributed by atoms with E-state index in [-0.39, 0.29) is 23.8 Å². The van der Waals surface area contributed by atoms with E-state index in [1.165, 1.54) is 6.07 Å². The minimum Gasteiger partial charge on any atom is -0.507 e. The molecule has 0 radical (unpaired) electrons. The predicted molar refractivity (Wildman–Crippen MR) is 81.7 cm³/mol. The molecule has 2 aromatic carbocycles. The van der Waals surface area contributed by atoms with Crippen molar-refractivity contribution >= 4 is 17.5 Å². The summed E-state index contributed by atoms with van der Waals surface area (Å²) in [5.41, 5.74) is 1.02. The van der Waals surface area contributed by atoms with Crippen molar-refractivity contribution in [2.24, 2.45) is 0 Å². The number of phenolic OH excluding ortho intramolecular Hbond substituents is 1. The van der Waals surface area contributed by atoms with Crippen molar-refractivity contribution in [3.8, 4) is 17.2 Å². The summed E-state index contributed by atoms with van der Waals surface area (Å²) in [6, 6.07) is 9.88. The maximum absolute atomic E-state index is 12.1. The van der Waals surface area contributed by atoms with Crippen LogP contribution in [-0.4, -0.2) is 24.2 Å². The molecule has 2 aromatic rings. The van der Waals surface area contributed by atoms with Gasteiger partial charge in [0.15, 0.2) is 11.5 Å². The zero-order chi connectivity index (χ0) is 15.5. The average Bonchev–Trinajstić information content (AvgIpc) is 2.53. The van der Waals surface area contributed by atoms with Crippen LogP contribution in [0.25, 0.3) is 0 Å². The number of hydrogen-bond acceptors (Lipinski definition) is 4. The van der Waals surface area contributed by atoms with E-state index >= 15 is 0 Å². The van der Waals surface area contributed by atoms with Crippen LogP contribution in [0.4, 0.5) is 0 Å². The van der Waals surface area contributed by atoms with E-state index in [0.29, 0.717) is 29.7 Å². The van der Waals surface area contributed by atoms with Crippen molar-refractivity contribution < 1.29 is 19.4 Å². The molecule has 114 valence electrons. The second-order valence-electron chi connectivity index (χ2n) is 4.80. The van der Waals surface area contributed by atoms with Gasteiger partial charge in [-0.15, -0.1) is 0 Å². The molecule has 1 amide bonds. The van der Waals surface area contributed by atoms with Crippen molar-refractivity contribution in [2.45, 2.75) is 6.54 Å². The third-order valence-corrected chi connectivity index (χ3v) is 3.54. The first kappa shape index (κ1) is 14.5. The van der Waals surface area contributed by atoms with E-state index in [9.17, 15) is 9.90 Å². The molecular formula is C16H14ClNO4. The highest BCUT2D eigenvalue weighted by atomic mass is 35.5. The Morgan fingerprint density at radius 1 is 1.23 bits per heavy atom. The van der Waals surface area contributed by atoms with Gasteiger partial charge < -0.3 is 19.9 Å². The molecule has 0 saturated carbocycles. The molecule has 0 bridgehead atoms. The van der Waals surface area contributed by atoms with Crippen molar-refractivity contribution in [1.29, 1.82) is 0 Å². The number of nitrogens with one attached hydrogen (secondary N) is 1.